The smallest absolute Gasteiger partial charge is 0.225 e. The molecule has 3 saturated heterocycles. The standard InChI is InChI=1S/C21H37N5O2.HI/c1-2-22-21(24-18-15-17-7-8-19(18)28-17)23-9-10-25-11-13-26(14-12-25)20(27)16-5-3-4-6-16;/h16-19H,2-15H2,1H3,(H2,22,23,24);1H. The minimum atomic E-state index is 0. The number of piperazine rings is 1. The molecule has 3 unspecified atom stereocenters. The number of fused-ring (bicyclic) bond motifs is 2. The first-order chi connectivity index (χ1) is 13.7. The molecule has 3 heterocycles. The Morgan fingerprint density at radius 2 is 1.86 bits per heavy atom. The number of amides is 1. The van der Waals surface area contributed by atoms with Crippen molar-refractivity contribution in [1.29, 1.82) is 0 Å². The molecule has 0 aromatic rings. The molecule has 4 rings (SSSR count). The van der Waals surface area contributed by atoms with Crippen molar-refractivity contribution in [3.63, 3.8) is 0 Å². The summed E-state index contributed by atoms with van der Waals surface area (Å²) in [4.78, 5) is 21.9. The molecule has 7 nitrogen and oxygen atoms in total. The fraction of sp³-hybridized carbons (Fsp3) is 0.905. The van der Waals surface area contributed by atoms with E-state index in [9.17, 15) is 4.79 Å². The summed E-state index contributed by atoms with van der Waals surface area (Å²) in [7, 11) is 0. The normalized spacial score (nSPS) is 30.4. The lowest BCUT2D eigenvalue weighted by Crippen LogP contribution is -2.51. The predicted molar refractivity (Wildman–Crippen MR) is 126 cm³/mol. The SMILES string of the molecule is CCNC(=NCCN1CCN(C(=O)C2CCCC2)CC1)NC1CC2CCC1O2.I. The number of nitrogens with zero attached hydrogens (tertiary/aromatic N) is 3. The molecule has 3 aliphatic heterocycles. The van der Waals surface area contributed by atoms with Crippen LogP contribution in [0.4, 0.5) is 0 Å². The number of nitrogens with one attached hydrogen (secondary N) is 2. The highest BCUT2D eigenvalue weighted by Gasteiger charge is 2.41. The molecule has 29 heavy (non-hydrogen) atoms. The van der Waals surface area contributed by atoms with E-state index in [4.69, 9.17) is 9.73 Å². The van der Waals surface area contributed by atoms with E-state index in [-0.39, 0.29) is 24.0 Å². The average molecular weight is 519 g/mol. The van der Waals surface area contributed by atoms with Gasteiger partial charge in [0.1, 0.15) is 0 Å². The summed E-state index contributed by atoms with van der Waals surface area (Å²) in [5, 5.41) is 6.95. The maximum Gasteiger partial charge on any atom is 0.225 e. The molecule has 0 aromatic carbocycles. The summed E-state index contributed by atoms with van der Waals surface area (Å²) < 4.78 is 5.94. The molecule has 0 spiro atoms. The van der Waals surface area contributed by atoms with Gasteiger partial charge in [-0.15, -0.1) is 24.0 Å². The van der Waals surface area contributed by atoms with E-state index in [2.05, 4.69) is 27.4 Å². The Kier molecular flexibility index (Phi) is 8.85. The first-order valence-electron chi connectivity index (χ1n) is 11.4. The van der Waals surface area contributed by atoms with Crippen molar-refractivity contribution in [3.05, 3.63) is 0 Å². The Morgan fingerprint density at radius 1 is 1.10 bits per heavy atom. The van der Waals surface area contributed by atoms with Crippen molar-refractivity contribution in [1.82, 2.24) is 20.4 Å². The van der Waals surface area contributed by atoms with Gasteiger partial charge in [0.05, 0.1) is 24.8 Å². The number of rotatable bonds is 6. The summed E-state index contributed by atoms with van der Waals surface area (Å²) in [5.41, 5.74) is 0. The van der Waals surface area contributed by atoms with Crippen LogP contribution in [0, 0.1) is 5.92 Å². The van der Waals surface area contributed by atoms with Crippen LogP contribution >= 0.6 is 24.0 Å². The highest BCUT2D eigenvalue weighted by atomic mass is 127. The minimum absolute atomic E-state index is 0. The second-order valence-electron chi connectivity index (χ2n) is 8.77. The number of hydrogen-bond acceptors (Lipinski definition) is 4. The van der Waals surface area contributed by atoms with Gasteiger partial charge in [-0.1, -0.05) is 12.8 Å². The lowest BCUT2D eigenvalue weighted by Gasteiger charge is -2.35. The van der Waals surface area contributed by atoms with Crippen molar-refractivity contribution in [2.75, 3.05) is 45.8 Å². The molecular formula is C21H38IN5O2. The maximum atomic E-state index is 12.6. The van der Waals surface area contributed by atoms with Gasteiger partial charge < -0.3 is 20.3 Å². The van der Waals surface area contributed by atoms with Crippen LogP contribution in [-0.2, 0) is 9.53 Å². The predicted octanol–water partition coefficient (Wildman–Crippen LogP) is 1.81. The summed E-state index contributed by atoms with van der Waals surface area (Å²) in [6, 6.07) is 0.404. The summed E-state index contributed by atoms with van der Waals surface area (Å²) in [6.07, 6.45) is 8.95. The van der Waals surface area contributed by atoms with Crippen LogP contribution in [0.2, 0.25) is 0 Å². The topological polar surface area (TPSA) is 69.2 Å². The molecule has 3 atom stereocenters. The fourth-order valence-electron chi connectivity index (χ4n) is 5.21. The van der Waals surface area contributed by atoms with Gasteiger partial charge in [-0.3, -0.25) is 14.7 Å². The first kappa shape index (κ1) is 23.1. The van der Waals surface area contributed by atoms with Crippen molar-refractivity contribution in [2.45, 2.75) is 70.1 Å². The minimum Gasteiger partial charge on any atom is -0.373 e. The first-order valence-corrected chi connectivity index (χ1v) is 11.4. The number of carbonyl (C=O) groups is 1. The molecule has 4 aliphatic rings. The van der Waals surface area contributed by atoms with Crippen molar-refractivity contribution >= 4 is 35.8 Å². The molecule has 1 amide bonds. The Hall–Kier alpha value is -0.610. The van der Waals surface area contributed by atoms with Crippen LogP contribution in [0.3, 0.4) is 0 Å². The van der Waals surface area contributed by atoms with Crippen LogP contribution < -0.4 is 10.6 Å². The van der Waals surface area contributed by atoms with Crippen LogP contribution in [0.5, 0.6) is 0 Å². The van der Waals surface area contributed by atoms with E-state index in [1.54, 1.807) is 0 Å². The number of guanidine groups is 1. The molecule has 166 valence electrons. The largest absolute Gasteiger partial charge is 0.373 e. The average Bonchev–Trinajstić information content (AvgIpc) is 3.46. The van der Waals surface area contributed by atoms with Gasteiger partial charge in [0.2, 0.25) is 5.91 Å². The monoisotopic (exact) mass is 519 g/mol. The second-order valence-corrected chi connectivity index (χ2v) is 8.77. The number of ether oxygens (including phenoxy) is 1. The zero-order valence-corrected chi connectivity index (χ0v) is 20.1. The zero-order valence-electron chi connectivity index (χ0n) is 17.8. The molecule has 0 aromatic heterocycles. The number of aliphatic imine (C=N–C) groups is 1. The zero-order chi connectivity index (χ0) is 19.3. The van der Waals surface area contributed by atoms with E-state index in [0.29, 0.717) is 30.1 Å². The highest BCUT2D eigenvalue weighted by molar-refractivity contribution is 14.0. The fourth-order valence-corrected chi connectivity index (χ4v) is 5.21. The van der Waals surface area contributed by atoms with Crippen LogP contribution in [0.25, 0.3) is 0 Å². The van der Waals surface area contributed by atoms with E-state index in [0.717, 1.165) is 71.0 Å². The van der Waals surface area contributed by atoms with E-state index < -0.39 is 0 Å². The van der Waals surface area contributed by atoms with Crippen molar-refractivity contribution in [3.8, 4) is 0 Å². The Bertz CT molecular complexity index is 561. The Morgan fingerprint density at radius 3 is 2.48 bits per heavy atom. The molecule has 1 aliphatic carbocycles. The van der Waals surface area contributed by atoms with E-state index >= 15 is 0 Å². The molecule has 4 fully saturated rings. The number of hydrogen-bond donors (Lipinski definition) is 2. The lowest BCUT2D eigenvalue weighted by atomic mass is 9.96. The van der Waals surface area contributed by atoms with Gasteiger partial charge in [0.15, 0.2) is 5.96 Å². The molecule has 0 radical (unpaired) electrons. The molecule has 2 N–H and O–H groups in total. The van der Waals surface area contributed by atoms with Gasteiger partial charge >= 0.3 is 0 Å². The summed E-state index contributed by atoms with van der Waals surface area (Å²) in [5.74, 6) is 1.63. The Labute approximate surface area is 192 Å². The molecular weight excluding hydrogens is 481 g/mol. The van der Waals surface area contributed by atoms with Crippen molar-refractivity contribution in [2.24, 2.45) is 10.9 Å². The van der Waals surface area contributed by atoms with Gasteiger partial charge in [0.25, 0.3) is 0 Å². The Balaban J connectivity index is 0.00000240. The maximum absolute atomic E-state index is 12.6. The van der Waals surface area contributed by atoms with Crippen LogP contribution in [0.1, 0.15) is 51.9 Å². The summed E-state index contributed by atoms with van der Waals surface area (Å²) in [6.45, 7) is 8.41. The van der Waals surface area contributed by atoms with Gasteiger partial charge in [-0.25, -0.2) is 0 Å². The van der Waals surface area contributed by atoms with Gasteiger partial charge in [-0.2, -0.15) is 0 Å². The number of halogens is 1. The van der Waals surface area contributed by atoms with Crippen LogP contribution in [0.15, 0.2) is 4.99 Å². The number of carbonyl (C=O) groups excluding carboxylic acids is 1. The molecule has 2 bridgehead atoms. The molecule has 1 saturated carbocycles. The highest BCUT2D eigenvalue weighted by Crippen LogP contribution is 2.34. The third-order valence-electron chi connectivity index (χ3n) is 6.85. The van der Waals surface area contributed by atoms with Gasteiger partial charge in [0, 0.05) is 45.2 Å². The molecule has 8 heteroatoms. The second kappa shape index (κ2) is 11.1. The van der Waals surface area contributed by atoms with E-state index in [1.165, 1.54) is 25.7 Å². The third-order valence-corrected chi connectivity index (χ3v) is 6.85. The third kappa shape index (κ3) is 5.97. The summed E-state index contributed by atoms with van der Waals surface area (Å²) >= 11 is 0. The van der Waals surface area contributed by atoms with Gasteiger partial charge in [-0.05, 0) is 39.0 Å². The quantitative estimate of drug-likeness (QED) is 0.319. The van der Waals surface area contributed by atoms with E-state index in [1.807, 2.05) is 0 Å². The van der Waals surface area contributed by atoms with Crippen molar-refractivity contribution < 1.29 is 9.53 Å². The lowest BCUT2D eigenvalue weighted by molar-refractivity contribution is -0.137. The van der Waals surface area contributed by atoms with Crippen LogP contribution in [-0.4, -0.2) is 85.7 Å².